The van der Waals surface area contributed by atoms with Gasteiger partial charge in [-0.1, -0.05) is 43.5 Å². The molecule has 8 heteroatoms. The predicted molar refractivity (Wildman–Crippen MR) is 83.9 cm³/mol. The fraction of sp³-hybridized carbons (Fsp3) is 0.462. The molecule has 118 valence electrons. The Bertz CT molecular complexity index is 629. The van der Waals surface area contributed by atoms with E-state index in [1.54, 1.807) is 0 Å². The van der Waals surface area contributed by atoms with Crippen LogP contribution in [0.15, 0.2) is 17.0 Å². The Balaban J connectivity index is 3.05. The molecule has 0 bridgehead atoms. The minimum absolute atomic E-state index is 0.0113. The van der Waals surface area contributed by atoms with Gasteiger partial charge in [-0.15, -0.1) is 0 Å². The van der Waals surface area contributed by atoms with Gasteiger partial charge in [0, 0.05) is 10.7 Å². The van der Waals surface area contributed by atoms with Crippen molar-refractivity contribution in [2.75, 3.05) is 6.61 Å². The Labute approximate surface area is 138 Å². The molecule has 0 saturated heterocycles. The fourth-order valence-corrected chi connectivity index (χ4v) is 3.66. The van der Waals surface area contributed by atoms with Crippen molar-refractivity contribution in [2.24, 2.45) is 5.92 Å². The Morgan fingerprint density at radius 2 is 1.95 bits per heavy atom. The van der Waals surface area contributed by atoms with Crippen LogP contribution >= 0.6 is 33.9 Å². The maximum absolute atomic E-state index is 12.0. The summed E-state index contributed by atoms with van der Waals surface area (Å²) in [6.07, 6.45) is 1.88. The molecule has 0 amide bonds. The minimum atomic E-state index is -4.07. The number of carbonyl (C=O) groups excluding carboxylic acids is 1. The first-order chi connectivity index (χ1) is 9.68. The number of ether oxygens (including phenoxy) is 1. The van der Waals surface area contributed by atoms with Crippen LogP contribution in [0, 0.1) is 5.92 Å². The summed E-state index contributed by atoms with van der Waals surface area (Å²) in [7, 11) is 1.18. The van der Waals surface area contributed by atoms with Gasteiger partial charge in [0.1, 0.15) is 4.90 Å². The first-order valence-corrected chi connectivity index (χ1v) is 9.34. The third-order valence-electron chi connectivity index (χ3n) is 2.80. The number of esters is 1. The van der Waals surface area contributed by atoms with E-state index >= 15 is 0 Å². The number of carbonyl (C=O) groups is 1. The van der Waals surface area contributed by atoms with Crippen molar-refractivity contribution in [1.82, 2.24) is 0 Å². The van der Waals surface area contributed by atoms with E-state index in [1.807, 2.05) is 13.8 Å². The summed E-state index contributed by atoms with van der Waals surface area (Å²) in [5.74, 6) is -0.577. The first-order valence-electron chi connectivity index (χ1n) is 6.28. The number of benzene rings is 1. The van der Waals surface area contributed by atoms with Crippen LogP contribution in [0.25, 0.3) is 0 Å². The van der Waals surface area contributed by atoms with Crippen molar-refractivity contribution in [3.05, 3.63) is 27.7 Å². The molecule has 0 fully saturated rings. The molecule has 0 aromatic heterocycles. The van der Waals surface area contributed by atoms with Gasteiger partial charge in [-0.2, -0.15) is 0 Å². The van der Waals surface area contributed by atoms with Gasteiger partial charge >= 0.3 is 5.97 Å². The summed E-state index contributed by atoms with van der Waals surface area (Å²) >= 11 is 11.8. The molecule has 0 aliphatic rings. The second-order valence-corrected chi connectivity index (χ2v) is 7.98. The van der Waals surface area contributed by atoms with E-state index in [9.17, 15) is 13.2 Å². The van der Waals surface area contributed by atoms with Crippen LogP contribution in [0.3, 0.4) is 0 Å². The number of hydrogen-bond donors (Lipinski definition) is 0. The monoisotopic (exact) mass is 372 g/mol. The molecular weight excluding hydrogens is 359 g/mol. The van der Waals surface area contributed by atoms with Crippen LogP contribution in [0.1, 0.15) is 37.0 Å². The van der Waals surface area contributed by atoms with Crippen molar-refractivity contribution in [2.45, 2.75) is 31.6 Å². The highest BCUT2D eigenvalue weighted by molar-refractivity contribution is 8.13. The molecule has 0 heterocycles. The van der Waals surface area contributed by atoms with Crippen LogP contribution in [-0.4, -0.2) is 21.0 Å². The van der Waals surface area contributed by atoms with Gasteiger partial charge < -0.3 is 4.74 Å². The standard InChI is InChI=1S/C13H15Cl3O4S/c1-3-4-8(2)7-20-13(17)11-9(14)5-6-10(12(11)15)21(16,18)19/h5-6,8H,3-4,7H2,1-2H3. The van der Waals surface area contributed by atoms with Gasteiger partial charge in [-0.05, 0) is 24.5 Å². The van der Waals surface area contributed by atoms with Crippen LogP contribution < -0.4 is 0 Å². The quantitative estimate of drug-likeness (QED) is 0.543. The van der Waals surface area contributed by atoms with Gasteiger partial charge in [0.05, 0.1) is 22.2 Å². The first kappa shape index (κ1) is 18.6. The highest BCUT2D eigenvalue weighted by atomic mass is 35.7. The second-order valence-electron chi connectivity index (χ2n) is 4.66. The molecule has 21 heavy (non-hydrogen) atoms. The average molecular weight is 374 g/mol. The summed E-state index contributed by atoms with van der Waals surface area (Å²) in [5.41, 5.74) is -0.191. The molecule has 0 aliphatic heterocycles. The summed E-state index contributed by atoms with van der Waals surface area (Å²) < 4.78 is 27.9. The van der Waals surface area contributed by atoms with E-state index in [2.05, 4.69) is 0 Å². The van der Waals surface area contributed by atoms with Crippen molar-refractivity contribution in [3.63, 3.8) is 0 Å². The molecule has 0 N–H and O–H groups in total. The zero-order chi connectivity index (χ0) is 16.2. The van der Waals surface area contributed by atoms with Crippen molar-refractivity contribution < 1.29 is 17.9 Å². The molecule has 0 radical (unpaired) electrons. The summed E-state index contributed by atoms with van der Waals surface area (Å²) in [6, 6.07) is 2.39. The summed E-state index contributed by atoms with van der Waals surface area (Å²) in [4.78, 5) is 11.7. The van der Waals surface area contributed by atoms with Crippen molar-refractivity contribution in [3.8, 4) is 0 Å². The largest absolute Gasteiger partial charge is 0.462 e. The lowest BCUT2D eigenvalue weighted by molar-refractivity contribution is 0.0444. The van der Waals surface area contributed by atoms with Gasteiger partial charge in [0.25, 0.3) is 9.05 Å². The molecular formula is C13H15Cl3O4S. The second kappa shape index (κ2) is 7.68. The van der Waals surface area contributed by atoms with E-state index in [-0.39, 0.29) is 33.0 Å². The maximum atomic E-state index is 12.0. The Morgan fingerprint density at radius 3 is 2.48 bits per heavy atom. The van der Waals surface area contributed by atoms with E-state index < -0.39 is 15.0 Å². The fourth-order valence-electron chi connectivity index (χ4n) is 1.78. The number of hydrogen-bond acceptors (Lipinski definition) is 4. The lowest BCUT2D eigenvalue weighted by Gasteiger charge is -2.13. The molecule has 1 rings (SSSR count). The van der Waals surface area contributed by atoms with Crippen LogP contribution in [0.2, 0.25) is 10.0 Å². The molecule has 0 aliphatic carbocycles. The summed E-state index contributed by atoms with van der Waals surface area (Å²) in [5, 5.41) is -0.317. The molecule has 1 aromatic carbocycles. The maximum Gasteiger partial charge on any atom is 0.341 e. The van der Waals surface area contributed by atoms with Gasteiger partial charge in [0.15, 0.2) is 0 Å². The zero-order valence-electron chi connectivity index (χ0n) is 11.5. The van der Waals surface area contributed by atoms with E-state index in [4.69, 9.17) is 38.6 Å². The van der Waals surface area contributed by atoms with Gasteiger partial charge in [0.2, 0.25) is 0 Å². The van der Waals surface area contributed by atoms with Gasteiger partial charge in [-0.3, -0.25) is 0 Å². The van der Waals surface area contributed by atoms with E-state index in [0.717, 1.165) is 18.9 Å². The average Bonchev–Trinajstić information content (AvgIpc) is 2.35. The van der Waals surface area contributed by atoms with Crippen LogP contribution in [0.4, 0.5) is 0 Å². The van der Waals surface area contributed by atoms with E-state index in [0.29, 0.717) is 0 Å². The van der Waals surface area contributed by atoms with Gasteiger partial charge in [-0.25, -0.2) is 13.2 Å². The third-order valence-corrected chi connectivity index (χ3v) is 4.99. The highest BCUT2D eigenvalue weighted by Gasteiger charge is 2.24. The highest BCUT2D eigenvalue weighted by Crippen LogP contribution is 2.33. The predicted octanol–water partition coefficient (Wildman–Crippen LogP) is 4.51. The van der Waals surface area contributed by atoms with Crippen LogP contribution in [-0.2, 0) is 13.8 Å². The lowest BCUT2D eigenvalue weighted by Crippen LogP contribution is -2.13. The Kier molecular flexibility index (Phi) is 6.78. The molecule has 1 aromatic rings. The SMILES string of the molecule is CCCC(C)COC(=O)c1c(Cl)ccc(S(=O)(=O)Cl)c1Cl. The minimum Gasteiger partial charge on any atom is -0.462 e. The lowest BCUT2D eigenvalue weighted by atomic mass is 10.1. The third kappa shape index (κ3) is 5.02. The number of rotatable bonds is 6. The molecule has 1 unspecified atom stereocenters. The Morgan fingerprint density at radius 1 is 1.33 bits per heavy atom. The molecule has 1 atom stereocenters. The normalized spacial score (nSPS) is 13.0. The zero-order valence-corrected chi connectivity index (χ0v) is 14.6. The van der Waals surface area contributed by atoms with E-state index in [1.165, 1.54) is 6.07 Å². The molecule has 0 saturated carbocycles. The van der Waals surface area contributed by atoms with Crippen molar-refractivity contribution in [1.29, 1.82) is 0 Å². The number of halogens is 3. The topological polar surface area (TPSA) is 60.4 Å². The Hall–Kier alpha value is -0.490. The van der Waals surface area contributed by atoms with Crippen LogP contribution in [0.5, 0.6) is 0 Å². The molecule has 4 nitrogen and oxygen atoms in total. The molecule has 0 spiro atoms. The van der Waals surface area contributed by atoms with Crippen molar-refractivity contribution >= 4 is 48.9 Å². The smallest absolute Gasteiger partial charge is 0.341 e. The summed E-state index contributed by atoms with van der Waals surface area (Å²) in [6.45, 7) is 4.18.